The van der Waals surface area contributed by atoms with Crippen molar-refractivity contribution in [3.63, 3.8) is 0 Å². The van der Waals surface area contributed by atoms with E-state index in [0.717, 1.165) is 32.5 Å². The van der Waals surface area contributed by atoms with E-state index in [1.165, 1.54) is 35.7 Å². The minimum absolute atomic E-state index is 0.104. The van der Waals surface area contributed by atoms with E-state index >= 15 is 0 Å². The number of carbonyl (C=O) groups excluding carboxylic acids is 1. The number of carbonyl (C=O) groups is 2. The number of thiophene rings is 1. The number of carboxylic acids is 1. The second-order valence-electron chi connectivity index (χ2n) is 8.15. The zero-order valence-corrected chi connectivity index (χ0v) is 19.8. The summed E-state index contributed by atoms with van der Waals surface area (Å²) < 4.78 is 27.9. The molecule has 0 aliphatic carbocycles. The van der Waals surface area contributed by atoms with Crippen molar-refractivity contribution < 1.29 is 23.5 Å². The lowest BCUT2D eigenvalue weighted by Crippen LogP contribution is -2.37. The third kappa shape index (κ3) is 4.76. The molecule has 0 aliphatic heterocycles. The number of benzene rings is 1. The predicted molar refractivity (Wildman–Crippen MR) is 133 cm³/mol. The van der Waals surface area contributed by atoms with Crippen molar-refractivity contribution in [2.24, 2.45) is 0 Å². The van der Waals surface area contributed by atoms with Crippen LogP contribution < -0.4 is 10.9 Å². The number of aliphatic carboxylic acids is 1. The van der Waals surface area contributed by atoms with E-state index in [4.69, 9.17) is 0 Å². The molecule has 5 aromatic rings. The van der Waals surface area contributed by atoms with Crippen LogP contribution in [0.4, 0.5) is 8.78 Å². The second-order valence-corrected chi connectivity index (χ2v) is 9.27. The van der Waals surface area contributed by atoms with Gasteiger partial charge >= 0.3 is 5.97 Å². The summed E-state index contributed by atoms with van der Waals surface area (Å²) in [5, 5.41) is 13.1. The molecule has 0 spiro atoms. The number of carboxylic acid groups (broad SMARTS) is 1. The van der Waals surface area contributed by atoms with Crippen molar-refractivity contribution in [1.29, 1.82) is 0 Å². The first-order valence-electron chi connectivity index (χ1n) is 11.0. The number of pyridine rings is 2. The number of aromatic amines is 1. The Bertz CT molecular complexity index is 1710. The fraction of sp³-hybridized carbons (Fsp3) is 0.0769. The predicted octanol–water partition coefficient (Wildman–Crippen LogP) is 4.34. The molecule has 0 fully saturated rings. The molecular weight excluding hydrogens is 502 g/mol. The average molecular weight is 521 g/mol. The van der Waals surface area contributed by atoms with Crippen LogP contribution in [0.2, 0.25) is 0 Å². The van der Waals surface area contributed by atoms with Crippen LogP contribution in [0.25, 0.3) is 21.5 Å². The maximum absolute atomic E-state index is 13.6. The van der Waals surface area contributed by atoms with Gasteiger partial charge in [-0.3, -0.25) is 9.59 Å². The summed E-state index contributed by atoms with van der Waals surface area (Å²) in [6, 6.07) is 11.6. The van der Waals surface area contributed by atoms with E-state index in [-0.39, 0.29) is 12.1 Å². The van der Waals surface area contributed by atoms with Crippen LogP contribution >= 0.6 is 11.3 Å². The van der Waals surface area contributed by atoms with E-state index in [1.807, 2.05) is 6.07 Å². The number of hydrogen-bond acceptors (Lipinski definition) is 5. The van der Waals surface area contributed by atoms with E-state index < -0.39 is 35.1 Å². The molecule has 0 saturated carbocycles. The number of fused-ring (bicyclic) bond motifs is 1. The molecular formula is C26H18F2N4O4S. The molecule has 37 heavy (non-hydrogen) atoms. The third-order valence-corrected chi connectivity index (χ3v) is 6.94. The summed E-state index contributed by atoms with van der Waals surface area (Å²) >= 11 is 1.20. The Kier molecular flexibility index (Phi) is 6.36. The summed E-state index contributed by atoms with van der Waals surface area (Å²) in [5.74, 6) is -4.23. The number of aromatic nitrogens is 3. The molecule has 5 rings (SSSR count). The molecule has 0 aliphatic rings. The molecule has 4 aromatic heterocycles. The zero-order chi connectivity index (χ0) is 26.1. The summed E-state index contributed by atoms with van der Waals surface area (Å²) in [5.41, 5.74) is 0.876. The molecule has 1 aromatic carbocycles. The normalized spacial score (nSPS) is 11.9. The van der Waals surface area contributed by atoms with Gasteiger partial charge in [0.05, 0.1) is 6.54 Å². The van der Waals surface area contributed by atoms with Gasteiger partial charge in [0, 0.05) is 39.3 Å². The highest BCUT2D eigenvalue weighted by atomic mass is 32.1. The minimum atomic E-state index is -1.39. The molecule has 0 saturated heterocycles. The molecule has 1 unspecified atom stereocenters. The van der Waals surface area contributed by atoms with Gasteiger partial charge in [-0.1, -0.05) is 6.07 Å². The van der Waals surface area contributed by atoms with Crippen LogP contribution in [0.5, 0.6) is 0 Å². The minimum Gasteiger partial charge on any atom is -0.479 e. The highest BCUT2D eigenvalue weighted by Gasteiger charge is 2.26. The average Bonchev–Trinajstić information content (AvgIpc) is 3.53. The quantitative estimate of drug-likeness (QED) is 0.295. The van der Waals surface area contributed by atoms with Crippen molar-refractivity contribution in [3.8, 4) is 10.4 Å². The standard InChI is InChI=1S/C26H18F2N4O4S/c27-18-6-5-14(11-19(18)28)13-32-10-2-4-16(25(32)34)24(33)31-22(26(35)36)21-8-7-20(37-21)17-12-30-23-15(17)3-1-9-29-23/h1-12,22H,13H2,(H,29,30)(H,31,33)(H,35,36). The fourth-order valence-corrected chi connectivity index (χ4v) is 5.03. The number of H-pyrrole nitrogens is 1. The second kappa shape index (κ2) is 9.78. The monoisotopic (exact) mass is 520 g/mol. The first-order valence-corrected chi connectivity index (χ1v) is 11.8. The Morgan fingerprint density at radius 1 is 1.11 bits per heavy atom. The molecule has 8 nitrogen and oxygen atoms in total. The number of hydrogen-bond donors (Lipinski definition) is 3. The number of halogens is 2. The third-order valence-electron chi connectivity index (χ3n) is 5.75. The molecule has 0 bridgehead atoms. The van der Waals surface area contributed by atoms with Gasteiger partial charge in [0.25, 0.3) is 11.5 Å². The van der Waals surface area contributed by atoms with Gasteiger partial charge < -0.3 is 20.0 Å². The smallest absolute Gasteiger partial charge is 0.331 e. The molecule has 186 valence electrons. The Balaban J connectivity index is 1.39. The number of amides is 1. The van der Waals surface area contributed by atoms with Gasteiger partial charge in [0.15, 0.2) is 17.7 Å². The topological polar surface area (TPSA) is 117 Å². The Hall–Kier alpha value is -4.64. The molecule has 3 N–H and O–H groups in total. The molecule has 4 heterocycles. The number of nitrogens with one attached hydrogen (secondary N) is 2. The summed E-state index contributed by atoms with van der Waals surface area (Å²) in [6.45, 7) is -0.104. The van der Waals surface area contributed by atoms with Crippen molar-refractivity contribution in [3.05, 3.63) is 111 Å². The first-order chi connectivity index (χ1) is 17.8. The van der Waals surface area contributed by atoms with E-state index in [1.54, 1.807) is 30.6 Å². The van der Waals surface area contributed by atoms with E-state index in [2.05, 4.69) is 15.3 Å². The summed E-state index contributed by atoms with van der Waals surface area (Å²) in [7, 11) is 0. The SMILES string of the molecule is O=C(NC(C(=O)O)c1ccc(-c2c[nH]c3ncccc23)s1)c1cccn(Cc2ccc(F)c(F)c2)c1=O. The van der Waals surface area contributed by atoms with Gasteiger partial charge in [-0.05, 0) is 54.1 Å². The van der Waals surface area contributed by atoms with Crippen LogP contribution in [0, 0.1) is 11.6 Å². The lowest BCUT2D eigenvalue weighted by Gasteiger charge is -2.14. The lowest BCUT2D eigenvalue weighted by molar-refractivity contribution is -0.139. The Morgan fingerprint density at radius 2 is 1.95 bits per heavy atom. The van der Waals surface area contributed by atoms with Crippen LogP contribution in [0.15, 0.2) is 78.0 Å². The first kappa shape index (κ1) is 24.1. The highest BCUT2D eigenvalue weighted by molar-refractivity contribution is 7.15. The molecule has 1 amide bonds. The maximum atomic E-state index is 13.6. The van der Waals surface area contributed by atoms with Crippen molar-refractivity contribution >= 4 is 34.2 Å². The van der Waals surface area contributed by atoms with Gasteiger partial charge in [0.1, 0.15) is 11.2 Å². The Labute approximate surface area is 211 Å². The van der Waals surface area contributed by atoms with Crippen LogP contribution in [0.1, 0.15) is 26.8 Å². The van der Waals surface area contributed by atoms with Gasteiger partial charge in [-0.15, -0.1) is 11.3 Å². The van der Waals surface area contributed by atoms with Crippen LogP contribution in [-0.2, 0) is 11.3 Å². The molecule has 1 atom stereocenters. The van der Waals surface area contributed by atoms with Crippen LogP contribution in [-0.4, -0.2) is 31.5 Å². The number of rotatable bonds is 7. The van der Waals surface area contributed by atoms with Crippen molar-refractivity contribution in [1.82, 2.24) is 19.9 Å². The lowest BCUT2D eigenvalue weighted by atomic mass is 10.1. The van der Waals surface area contributed by atoms with Gasteiger partial charge in [-0.25, -0.2) is 18.6 Å². The van der Waals surface area contributed by atoms with E-state index in [9.17, 15) is 28.3 Å². The maximum Gasteiger partial charge on any atom is 0.331 e. The zero-order valence-electron chi connectivity index (χ0n) is 18.9. The number of nitrogens with zero attached hydrogens (tertiary/aromatic N) is 2. The summed E-state index contributed by atoms with van der Waals surface area (Å²) in [4.78, 5) is 46.4. The fourth-order valence-electron chi connectivity index (χ4n) is 3.94. The largest absolute Gasteiger partial charge is 0.479 e. The highest BCUT2D eigenvalue weighted by Crippen LogP contribution is 2.35. The van der Waals surface area contributed by atoms with Crippen LogP contribution in [0.3, 0.4) is 0 Å². The van der Waals surface area contributed by atoms with Crippen molar-refractivity contribution in [2.75, 3.05) is 0 Å². The molecule has 11 heteroatoms. The van der Waals surface area contributed by atoms with E-state index in [0.29, 0.717) is 16.1 Å². The van der Waals surface area contributed by atoms with Crippen molar-refractivity contribution in [2.45, 2.75) is 12.6 Å². The van der Waals surface area contributed by atoms with Gasteiger partial charge in [0.2, 0.25) is 0 Å². The summed E-state index contributed by atoms with van der Waals surface area (Å²) in [6.07, 6.45) is 4.84. The van der Waals surface area contributed by atoms with Gasteiger partial charge in [-0.2, -0.15) is 0 Å². The molecule has 0 radical (unpaired) electrons. The Morgan fingerprint density at radius 3 is 2.73 bits per heavy atom.